The van der Waals surface area contributed by atoms with Gasteiger partial charge in [-0.25, -0.2) is 8.42 Å². The summed E-state index contributed by atoms with van der Waals surface area (Å²) in [5, 5.41) is 14.6. The monoisotopic (exact) mass is 616 g/mol. The minimum absolute atomic E-state index is 0.0467. The summed E-state index contributed by atoms with van der Waals surface area (Å²) in [6.07, 6.45) is 3.28. The Kier molecular flexibility index (Phi) is 7.97. The van der Waals surface area contributed by atoms with Crippen molar-refractivity contribution in [3.63, 3.8) is 0 Å². The molecule has 5 rings (SSSR count). The van der Waals surface area contributed by atoms with Gasteiger partial charge in [-0.05, 0) is 52.3 Å². The number of nitriles is 1. The van der Waals surface area contributed by atoms with Crippen molar-refractivity contribution in [3.05, 3.63) is 66.5 Å². The minimum Gasteiger partial charge on any atom is -0.378 e. The molecule has 1 saturated heterocycles. The third-order valence-electron chi connectivity index (χ3n) is 9.24. The second kappa shape index (κ2) is 11.2. The Bertz CT molecular complexity index is 1740. The van der Waals surface area contributed by atoms with E-state index in [4.69, 9.17) is 0 Å². The van der Waals surface area contributed by atoms with Gasteiger partial charge in [0.05, 0.1) is 11.0 Å². The zero-order chi connectivity index (χ0) is 32.2. The summed E-state index contributed by atoms with van der Waals surface area (Å²) in [4.78, 5) is 36.0. The number of sulfonamides is 1. The van der Waals surface area contributed by atoms with Crippen molar-refractivity contribution in [2.24, 2.45) is 22.7 Å². The van der Waals surface area contributed by atoms with Crippen molar-refractivity contribution < 1.29 is 18.0 Å². The molecule has 0 radical (unpaired) electrons. The lowest BCUT2D eigenvalue weighted by atomic mass is 9.86. The Labute approximate surface area is 259 Å². The van der Waals surface area contributed by atoms with Crippen LogP contribution in [0.15, 0.2) is 65.8 Å². The molecule has 232 valence electrons. The second-order valence-electron chi connectivity index (χ2n) is 13.7. The molecule has 1 aromatic heterocycles. The third kappa shape index (κ3) is 5.64. The molecule has 1 saturated carbocycles. The van der Waals surface area contributed by atoms with Crippen molar-refractivity contribution >= 4 is 38.3 Å². The number of anilines is 1. The predicted molar refractivity (Wildman–Crippen MR) is 169 cm³/mol. The number of carbonyl (C=O) groups is 2. The number of aromatic nitrogens is 1. The second-order valence-corrected chi connectivity index (χ2v) is 15.4. The average Bonchev–Trinajstić information content (AvgIpc) is 3.29. The normalized spacial score (nSPS) is 22.0. The molecule has 5 atom stereocenters. The van der Waals surface area contributed by atoms with E-state index in [9.17, 15) is 23.3 Å². The SMILES string of the molecule is CN(C)c1ccc(S(=O)(=O)N[C@H](C(=O)N2C[C@H]3[C@@H]([C@H]2C(=O)NC(C#N)c2cncc4ccccc24)C3(C)C)C(C)(C)C)cc1. The Balaban J connectivity index is 1.43. The summed E-state index contributed by atoms with van der Waals surface area (Å²) in [6.45, 7) is 9.85. The summed E-state index contributed by atoms with van der Waals surface area (Å²) in [5.41, 5.74) is 0.436. The molecule has 2 N–H and O–H groups in total. The van der Waals surface area contributed by atoms with Gasteiger partial charge in [0, 0.05) is 49.7 Å². The van der Waals surface area contributed by atoms with Gasteiger partial charge in [-0.1, -0.05) is 58.9 Å². The number of nitrogens with one attached hydrogen (secondary N) is 2. The van der Waals surface area contributed by atoms with E-state index >= 15 is 0 Å². The number of benzene rings is 2. The van der Waals surface area contributed by atoms with Gasteiger partial charge in [-0.3, -0.25) is 14.6 Å². The van der Waals surface area contributed by atoms with Gasteiger partial charge in [-0.2, -0.15) is 9.98 Å². The molecule has 0 bridgehead atoms. The van der Waals surface area contributed by atoms with Crippen molar-refractivity contribution in [2.75, 3.05) is 25.5 Å². The number of hydrogen-bond acceptors (Lipinski definition) is 7. The van der Waals surface area contributed by atoms with Crippen LogP contribution < -0.4 is 14.9 Å². The number of fused-ring (bicyclic) bond motifs is 2. The summed E-state index contributed by atoms with van der Waals surface area (Å²) >= 11 is 0. The lowest BCUT2D eigenvalue weighted by Gasteiger charge is -2.37. The first kappa shape index (κ1) is 31.4. The quantitative estimate of drug-likeness (QED) is 0.392. The van der Waals surface area contributed by atoms with Crippen LogP contribution in [0, 0.1) is 34.0 Å². The van der Waals surface area contributed by atoms with Crippen LogP contribution in [-0.4, -0.2) is 62.8 Å². The van der Waals surface area contributed by atoms with Gasteiger partial charge in [0.2, 0.25) is 21.8 Å². The van der Waals surface area contributed by atoms with E-state index in [2.05, 4.69) is 34.9 Å². The van der Waals surface area contributed by atoms with Crippen molar-refractivity contribution in [1.29, 1.82) is 5.26 Å². The van der Waals surface area contributed by atoms with Gasteiger partial charge >= 0.3 is 0 Å². The van der Waals surface area contributed by atoms with Crippen molar-refractivity contribution in [3.8, 4) is 6.07 Å². The highest BCUT2D eigenvalue weighted by Gasteiger charge is 2.69. The highest BCUT2D eigenvalue weighted by Crippen LogP contribution is 2.65. The molecule has 11 heteroatoms. The zero-order valence-electron chi connectivity index (χ0n) is 26.2. The van der Waals surface area contributed by atoms with Crippen LogP contribution in [0.3, 0.4) is 0 Å². The van der Waals surface area contributed by atoms with Gasteiger partial charge in [0.1, 0.15) is 18.1 Å². The van der Waals surface area contributed by atoms with E-state index in [1.54, 1.807) is 45.3 Å². The first-order chi connectivity index (χ1) is 20.6. The number of hydrogen-bond donors (Lipinski definition) is 2. The molecule has 1 unspecified atom stereocenters. The van der Waals surface area contributed by atoms with Gasteiger partial charge in [0.15, 0.2) is 0 Å². The Hall–Kier alpha value is -4.01. The fourth-order valence-electron chi connectivity index (χ4n) is 6.50. The number of amides is 2. The predicted octanol–water partition coefficient (Wildman–Crippen LogP) is 3.86. The molecule has 1 aliphatic carbocycles. The zero-order valence-corrected chi connectivity index (χ0v) is 27.0. The maximum absolute atomic E-state index is 14.3. The van der Waals surface area contributed by atoms with Crippen LogP contribution in [0.25, 0.3) is 10.8 Å². The fourth-order valence-corrected chi connectivity index (χ4v) is 7.90. The van der Waals surface area contributed by atoms with Crippen LogP contribution >= 0.6 is 0 Å². The molecule has 2 aliphatic rings. The number of rotatable bonds is 8. The first-order valence-corrected chi connectivity index (χ1v) is 16.2. The molecular formula is C33H40N6O4S. The number of pyridine rings is 1. The van der Waals surface area contributed by atoms with E-state index in [0.717, 1.165) is 16.5 Å². The van der Waals surface area contributed by atoms with Crippen molar-refractivity contribution in [2.45, 2.75) is 57.6 Å². The highest BCUT2D eigenvalue weighted by molar-refractivity contribution is 7.89. The molecule has 3 aromatic rings. The smallest absolute Gasteiger partial charge is 0.244 e. The molecule has 2 aromatic carbocycles. The maximum atomic E-state index is 14.3. The molecule has 1 aliphatic heterocycles. The fraction of sp³-hybridized carbons (Fsp3) is 0.455. The topological polar surface area (TPSA) is 136 Å². The summed E-state index contributed by atoms with van der Waals surface area (Å²) in [6, 6.07) is 13.2. The number of nitrogens with zero attached hydrogens (tertiary/aromatic N) is 4. The van der Waals surface area contributed by atoms with E-state index in [0.29, 0.717) is 12.1 Å². The molecule has 2 fully saturated rings. The van der Waals surface area contributed by atoms with Crippen LogP contribution in [0.2, 0.25) is 0 Å². The molecular weight excluding hydrogens is 576 g/mol. The average molecular weight is 617 g/mol. The standard InChI is InChI=1S/C33H40N6O4S/c1-32(2,3)29(37-44(42,43)22-14-12-21(13-15-22)38(6)7)31(41)39-19-25-27(33(25,4)5)28(39)30(40)36-26(16-34)24-18-35-17-20-10-8-9-11-23(20)24/h8-15,17-18,25-29,37H,19H2,1-7H3,(H,36,40)/t25-,26?,27-,28-,29+/m0/s1. The lowest BCUT2D eigenvalue weighted by Crippen LogP contribution is -2.59. The van der Waals surface area contributed by atoms with E-state index in [-0.39, 0.29) is 22.1 Å². The first-order valence-electron chi connectivity index (χ1n) is 14.7. The highest BCUT2D eigenvalue weighted by atomic mass is 32.2. The van der Waals surface area contributed by atoms with Crippen LogP contribution in [-0.2, 0) is 19.6 Å². The molecule has 44 heavy (non-hydrogen) atoms. The van der Waals surface area contributed by atoms with Gasteiger partial charge in [-0.15, -0.1) is 0 Å². The Morgan fingerprint density at radius 2 is 1.75 bits per heavy atom. The summed E-state index contributed by atoms with van der Waals surface area (Å²) in [5.74, 6) is -0.940. The summed E-state index contributed by atoms with van der Waals surface area (Å²) in [7, 11) is -0.342. The Morgan fingerprint density at radius 3 is 2.36 bits per heavy atom. The largest absolute Gasteiger partial charge is 0.378 e. The third-order valence-corrected chi connectivity index (χ3v) is 10.7. The van der Waals surface area contributed by atoms with Crippen molar-refractivity contribution in [1.82, 2.24) is 19.9 Å². The molecule has 10 nitrogen and oxygen atoms in total. The van der Waals surface area contributed by atoms with Crippen LogP contribution in [0.4, 0.5) is 5.69 Å². The summed E-state index contributed by atoms with van der Waals surface area (Å²) < 4.78 is 29.7. The van der Waals surface area contributed by atoms with Crippen LogP contribution in [0.1, 0.15) is 46.2 Å². The number of likely N-dealkylation sites (tertiary alicyclic amines) is 1. The number of carbonyl (C=O) groups excluding carboxylic acids is 2. The maximum Gasteiger partial charge on any atom is 0.244 e. The van der Waals surface area contributed by atoms with E-state index in [1.807, 2.05) is 43.3 Å². The van der Waals surface area contributed by atoms with Gasteiger partial charge < -0.3 is 15.1 Å². The Morgan fingerprint density at radius 1 is 1.09 bits per heavy atom. The number of piperidine rings is 1. The van der Waals surface area contributed by atoms with Crippen LogP contribution in [0.5, 0.6) is 0 Å². The minimum atomic E-state index is -4.07. The molecule has 0 spiro atoms. The van der Waals surface area contributed by atoms with E-state index < -0.39 is 45.4 Å². The van der Waals surface area contributed by atoms with Gasteiger partial charge in [0.25, 0.3) is 0 Å². The molecule has 2 amide bonds. The van der Waals surface area contributed by atoms with E-state index in [1.165, 1.54) is 17.0 Å². The molecule has 2 heterocycles. The lowest BCUT2D eigenvalue weighted by molar-refractivity contribution is -0.143.